The van der Waals surface area contributed by atoms with Crippen LogP contribution in [0.25, 0.3) is 0 Å². The van der Waals surface area contributed by atoms with E-state index in [0.29, 0.717) is 5.76 Å². The fourth-order valence-corrected chi connectivity index (χ4v) is 1.16. The minimum absolute atomic E-state index is 0.679. The molecule has 0 amide bonds. The topological polar surface area (TPSA) is 9.23 Å². The number of alkyl halides is 1. The van der Waals surface area contributed by atoms with Gasteiger partial charge in [0.2, 0.25) is 6.10 Å². The maximum Gasteiger partial charge on any atom is 0.249 e. The van der Waals surface area contributed by atoms with Gasteiger partial charge < -0.3 is 4.74 Å². The van der Waals surface area contributed by atoms with E-state index in [-0.39, 0.29) is 0 Å². The van der Waals surface area contributed by atoms with E-state index in [1.165, 1.54) is 0 Å². The Labute approximate surface area is 68.5 Å². The molecule has 0 N–H and O–H groups in total. The van der Waals surface area contributed by atoms with Crippen molar-refractivity contribution in [2.75, 3.05) is 0 Å². The van der Waals surface area contributed by atoms with E-state index in [1.54, 1.807) is 0 Å². The molecular weight excluding hydrogens is 162 g/mol. The molecule has 0 heterocycles. The smallest absolute Gasteiger partial charge is 0.249 e. The highest BCUT2D eigenvalue weighted by Gasteiger charge is 2.07. The summed E-state index contributed by atoms with van der Waals surface area (Å²) in [6, 6.07) is 0. The van der Waals surface area contributed by atoms with Crippen LogP contribution in [0.15, 0.2) is 23.5 Å². The molecule has 1 aliphatic carbocycles. The van der Waals surface area contributed by atoms with Gasteiger partial charge in [0.25, 0.3) is 0 Å². The zero-order valence-electron chi connectivity index (χ0n) is 6.51. The zero-order chi connectivity index (χ0) is 8.27. The number of rotatable bonds is 2. The van der Waals surface area contributed by atoms with Gasteiger partial charge in [0, 0.05) is 0 Å². The number of hydrogen-bond donors (Lipinski definition) is 0. The first-order chi connectivity index (χ1) is 5.20. The molecule has 0 aromatic heterocycles. The molecule has 0 bridgehead atoms. The maximum absolute atomic E-state index is 12.3. The van der Waals surface area contributed by atoms with Gasteiger partial charge in [-0.3, -0.25) is 0 Å². The molecule has 0 aliphatic heterocycles. The van der Waals surface area contributed by atoms with E-state index in [0.717, 1.165) is 18.4 Å². The molecule has 1 rings (SSSR count). The number of halogens is 1. The second kappa shape index (κ2) is 3.87. The molecule has 0 aromatic carbocycles. The highest BCUT2D eigenvalue weighted by atomic mass is 31.0. The maximum atomic E-state index is 12.3. The first-order valence-corrected chi connectivity index (χ1v) is 4.29. The van der Waals surface area contributed by atoms with E-state index >= 15 is 0 Å². The molecule has 62 valence electrons. The lowest BCUT2D eigenvalue weighted by Gasteiger charge is -2.14. The van der Waals surface area contributed by atoms with Crippen molar-refractivity contribution >= 4 is 9.24 Å². The summed E-state index contributed by atoms with van der Waals surface area (Å²) in [4.78, 5) is 0. The summed E-state index contributed by atoms with van der Waals surface area (Å²) in [6.07, 6.45) is 4.54. The second-order valence-corrected chi connectivity index (χ2v) is 3.08. The van der Waals surface area contributed by atoms with Gasteiger partial charge >= 0.3 is 0 Å². The Bertz CT molecular complexity index is 196. The normalized spacial score (nSPS) is 20.3. The van der Waals surface area contributed by atoms with Crippen LogP contribution < -0.4 is 0 Å². The van der Waals surface area contributed by atoms with Crippen LogP contribution >= 0.6 is 9.24 Å². The number of allylic oxidation sites excluding steroid dienone is 3. The first-order valence-electron chi connectivity index (χ1n) is 3.63. The lowest BCUT2D eigenvalue weighted by Crippen LogP contribution is -2.00. The van der Waals surface area contributed by atoms with Gasteiger partial charge in [0.05, 0.1) is 0 Å². The molecule has 0 saturated heterocycles. The van der Waals surface area contributed by atoms with Crippen LogP contribution in [-0.2, 0) is 4.74 Å². The number of hydrogen-bond acceptors (Lipinski definition) is 1. The van der Waals surface area contributed by atoms with Gasteiger partial charge in [0.1, 0.15) is 5.76 Å². The molecule has 2 atom stereocenters. The molecule has 0 radical (unpaired) electrons. The van der Waals surface area contributed by atoms with Crippen molar-refractivity contribution < 1.29 is 9.13 Å². The third-order valence-corrected chi connectivity index (χ3v) is 1.75. The Morgan fingerprint density at radius 3 is 3.00 bits per heavy atom. The summed E-state index contributed by atoms with van der Waals surface area (Å²) in [5.74, 6) is 0.679. The van der Waals surface area contributed by atoms with Gasteiger partial charge in [-0.25, -0.2) is 0 Å². The average Bonchev–Trinajstić information content (AvgIpc) is 1.93. The highest BCUT2D eigenvalue weighted by Crippen LogP contribution is 2.22. The van der Waals surface area contributed by atoms with Crippen molar-refractivity contribution in [3.63, 3.8) is 0 Å². The van der Waals surface area contributed by atoms with Crippen molar-refractivity contribution in [2.45, 2.75) is 25.9 Å². The average molecular weight is 174 g/mol. The summed E-state index contributed by atoms with van der Waals surface area (Å²) in [6.45, 7) is 1.96. The Morgan fingerprint density at radius 1 is 1.73 bits per heavy atom. The molecule has 0 fully saturated rings. The molecule has 11 heavy (non-hydrogen) atoms. The molecule has 0 spiro atoms. The van der Waals surface area contributed by atoms with Crippen molar-refractivity contribution in [3.8, 4) is 0 Å². The lowest BCUT2D eigenvalue weighted by molar-refractivity contribution is 0.0858. The van der Waals surface area contributed by atoms with E-state index < -0.39 is 6.10 Å². The fourth-order valence-electron chi connectivity index (χ4n) is 1.02. The van der Waals surface area contributed by atoms with Crippen LogP contribution in [0, 0.1) is 0 Å². The van der Waals surface area contributed by atoms with Gasteiger partial charge in [0.15, 0.2) is 0 Å². The SMILES string of the molecule is CC1=C(OC(F)P)C=CCC1. The molecule has 2 unspecified atom stereocenters. The molecule has 1 aliphatic rings. The molecular formula is C8H12FOP. The van der Waals surface area contributed by atoms with Crippen molar-refractivity contribution in [1.29, 1.82) is 0 Å². The Hall–Kier alpha value is -0.360. The zero-order valence-corrected chi connectivity index (χ0v) is 7.66. The van der Waals surface area contributed by atoms with E-state index in [1.807, 2.05) is 28.3 Å². The van der Waals surface area contributed by atoms with Gasteiger partial charge in [-0.05, 0) is 31.4 Å². The number of ether oxygens (including phenoxy) is 1. The summed E-state index contributed by atoms with van der Waals surface area (Å²) in [5.41, 5.74) is 1.12. The molecule has 3 heteroatoms. The van der Waals surface area contributed by atoms with Gasteiger partial charge in [-0.2, -0.15) is 4.39 Å². The summed E-state index contributed by atoms with van der Waals surface area (Å²) in [7, 11) is 1.96. The van der Waals surface area contributed by atoms with Crippen LogP contribution in [0.3, 0.4) is 0 Å². The van der Waals surface area contributed by atoms with Crippen molar-refractivity contribution in [1.82, 2.24) is 0 Å². The summed E-state index contributed by atoms with van der Waals surface area (Å²) < 4.78 is 17.2. The van der Waals surface area contributed by atoms with E-state index in [4.69, 9.17) is 4.74 Å². The minimum atomic E-state index is -1.29. The van der Waals surface area contributed by atoms with Crippen molar-refractivity contribution in [3.05, 3.63) is 23.5 Å². The van der Waals surface area contributed by atoms with Crippen LogP contribution in [0.5, 0.6) is 0 Å². The Morgan fingerprint density at radius 2 is 2.45 bits per heavy atom. The van der Waals surface area contributed by atoms with Gasteiger partial charge in [-0.1, -0.05) is 15.3 Å². The molecule has 1 nitrogen and oxygen atoms in total. The standard InChI is InChI=1S/C8H12FOP/c1-6-4-2-3-5-7(6)10-8(9)11/h3,5,8H,2,4,11H2,1H3. The van der Waals surface area contributed by atoms with Crippen molar-refractivity contribution in [2.24, 2.45) is 0 Å². The van der Waals surface area contributed by atoms with Gasteiger partial charge in [-0.15, -0.1) is 0 Å². The molecule has 0 aromatic rings. The third-order valence-electron chi connectivity index (χ3n) is 1.62. The molecule has 0 saturated carbocycles. The van der Waals surface area contributed by atoms with Crippen LogP contribution in [0.4, 0.5) is 4.39 Å². The predicted octanol–water partition coefficient (Wildman–Crippen LogP) is 2.76. The first kappa shape index (κ1) is 8.73. The van der Waals surface area contributed by atoms with Crippen LogP contribution in [0.2, 0.25) is 0 Å². The third kappa shape index (κ3) is 2.63. The summed E-state index contributed by atoms with van der Waals surface area (Å²) in [5, 5.41) is 0. The van der Waals surface area contributed by atoms with E-state index in [2.05, 4.69) is 0 Å². The second-order valence-electron chi connectivity index (χ2n) is 2.55. The monoisotopic (exact) mass is 174 g/mol. The largest absolute Gasteiger partial charge is 0.458 e. The fraction of sp³-hybridized carbons (Fsp3) is 0.500. The minimum Gasteiger partial charge on any atom is -0.458 e. The predicted molar refractivity (Wildman–Crippen MR) is 46.8 cm³/mol. The van der Waals surface area contributed by atoms with Crippen LogP contribution in [0.1, 0.15) is 19.8 Å². The summed E-state index contributed by atoms with van der Waals surface area (Å²) >= 11 is 0. The lowest BCUT2D eigenvalue weighted by atomic mass is 10.1. The Balaban J connectivity index is 2.60. The van der Waals surface area contributed by atoms with Crippen LogP contribution in [-0.4, -0.2) is 6.10 Å². The Kier molecular flexibility index (Phi) is 3.07. The quantitative estimate of drug-likeness (QED) is 0.585. The highest BCUT2D eigenvalue weighted by molar-refractivity contribution is 7.16. The van der Waals surface area contributed by atoms with E-state index in [9.17, 15) is 4.39 Å².